The molecule has 36 heavy (non-hydrogen) atoms. The molecule has 1 aromatic carbocycles. The molecule has 0 saturated heterocycles. The van der Waals surface area contributed by atoms with Crippen molar-refractivity contribution in [3.63, 3.8) is 0 Å². The Bertz CT molecular complexity index is 1670. The van der Waals surface area contributed by atoms with E-state index in [-0.39, 0.29) is 32.5 Å². The maximum absolute atomic E-state index is 14.0. The number of thiophene rings is 2. The summed E-state index contributed by atoms with van der Waals surface area (Å²) in [5, 5.41) is 2.94. The third kappa shape index (κ3) is 4.11. The van der Waals surface area contributed by atoms with Crippen molar-refractivity contribution in [2.24, 2.45) is 0 Å². The van der Waals surface area contributed by atoms with Gasteiger partial charge >= 0.3 is 5.97 Å². The van der Waals surface area contributed by atoms with Gasteiger partial charge in [-0.1, -0.05) is 42.1 Å². The van der Waals surface area contributed by atoms with E-state index < -0.39 is 27.0 Å². The summed E-state index contributed by atoms with van der Waals surface area (Å²) in [4.78, 5) is 28.8. The molecule has 5 rings (SSSR count). The van der Waals surface area contributed by atoms with Gasteiger partial charge in [0.1, 0.15) is 10.2 Å². The van der Waals surface area contributed by atoms with Crippen LogP contribution in [0, 0.1) is 0 Å². The Morgan fingerprint density at radius 3 is 2.44 bits per heavy atom. The largest absolute Gasteiger partial charge is 0.462 e. The van der Waals surface area contributed by atoms with Gasteiger partial charge in [-0.15, -0.1) is 22.7 Å². The van der Waals surface area contributed by atoms with Gasteiger partial charge in [-0.25, -0.2) is 13.2 Å². The Morgan fingerprint density at radius 1 is 1.08 bits per heavy atom. The summed E-state index contributed by atoms with van der Waals surface area (Å²) >= 11 is 3.83. The van der Waals surface area contributed by atoms with Crippen LogP contribution in [0.2, 0.25) is 0 Å². The summed E-state index contributed by atoms with van der Waals surface area (Å²) < 4.78 is 34.2. The smallest absolute Gasteiger partial charge is 0.346 e. The zero-order chi connectivity index (χ0) is 25.4. The summed E-state index contributed by atoms with van der Waals surface area (Å²) in [7, 11) is -4.23. The number of nitrogens with zero attached hydrogens (tertiary/aromatic N) is 1. The number of benzene rings is 1. The zero-order valence-electron chi connectivity index (χ0n) is 18.9. The van der Waals surface area contributed by atoms with Gasteiger partial charge in [0.15, 0.2) is 5.03 Å². The van der Waals surface area contributed by atoms with Crippen LogP contribution in [0.4, 0.5) is 5.69 Å². The Balaban J connectivity index is 1.93. The number of hydrogen-bond donors (Lipinski definition) is 1. The number of thioether (sulfide) groups is 1. The first-order valence-corrected chi connectivity index (χ1v) is 15.0. The number of hydrogen-bond acceptors (Lipinski definition) is 9. The van der Waals surface area contributed by atoms with Crippen molar-refractivity contribution in [3.8, 4) is 0 Å². The first kappa shape index (κ1) is 24.6. The molecule has 0 unspecified atom stereocenters. The van der Waals surface area contributed by atoms with Crippen LogP contribution in [0.25, 0.3) is 11.0 Å². The van der Waals surface area contributed by atoms with Gasteiger partial charge in [-0.05, 0) is 48.0 Å². The number of carbonyl (C=O) groups excluding carboxylic acids is 2. The molecular weight excluding hydrogens is 537 g/mol. The molecule has 0 aliphatic carbocycles. The average molecular weight is 557 g/mol. The zero-order valence-corrected chi connectivity index (χ0v) is 22.2. The summed E-state index contributed by atoms with van der Waals surface area (Å²) in [5.41, 5.74) is 6.44. The molecule has 184 valence electrons. The molecule has 0 amide bonds. The molecule has 1 aliphatic heterocycles. The Morgan fingerprint density at radius 2 is 1.81 bits per heavy atom. The molecule has 3 aromatic heterocycles. The van der Waals surface area contributed by atoms with Crippen LogP contribution in [0.1, 0.15) is 26.7 Å². The van der Waals surface area contributed by atoms with Gasteiger partial charge in [0, 0.05) is 15.0 Å². The van der Waals surface area contributed by atoms with Gasteiger partial charge in [-0.2, -0.15) is 0 Å². The second-order valence-electron chi connectivity index (χ2n) is 7.69. The number of carbonyl (C=O) groups is 2. The van der Waals surface area contributed by atoms with E-state index in [1.165, 1.54) is 34.8 Å². The first-order valence-electron chi connectivity index (χ1n) is 10.9. The van der Waals surface area contributed by atoms with Crippen molar-refractivity contribution in [1.82, 2.24) is 4.57 Å². The topological polar surface area (TPSA) is 108 Å². The van der Waals surface area contributed by atoms with Gasteiger partial charge in [-0.3, -0.25) is 9.36 Å². The van der Waals surface area contributed by atoms with E-state index in [1.54, 1.807) is 43.3 Å². The predicted octanol–water partition coefficient (Wildman–Crippen LogP) is 3.65. The van der Waals surface area contributed by atoms with Crippen molar-refractivity contribution in [1.29, 1.82) is 0 Å². The summed E-state index contributed by atoms with van der Waals surface area (Å²) in [6.07, 6.45) is 1.70. The SMILES string of the molecule is CCOC(=O)C1=c2/c(=C/c3cccs3)c(N)c(S(=O)(=O)c3ccccc3)n2C(=O)[C@H](c2cccs2)S1. The van der Waals surface area contributed by atoms with Gasteiger partial charge in [0.05, 0.1) is 22.5 Å². The molecular formula is C25H20N2O5S4. The highest BCUT2D eigenvalue weighted by Gasteiger charge is 2.40. The Labute approximate surface area is 219 Å². The van der Waals surface area contributed by atoms with Crippen molar-refractivity contribution in [2.75, 3.05) is 12.3 Å². The molecule has 2 N–H and O–H groups in total. The molecule has 7 nitrogen and oxygen atoms in total. The Hall–Kier alpha value is -3.12. The third-order valence-electron chi connectivity index (χ3n) is 5.50. The Kier molecular flexibility index (Phi) is 6.64. The average Bonchev–Trinajstić information content (AvgIpc) is 3.63. The minimum absolute atomic E-state index is 0.00365. The normalized spacial score (nSPS) is 16.2. The molecule has 4 aromatic rings. The van der Waals surface area contributed by atoms with Gasteiger partial charge < -0.3 is 10.5 Å². The number of esters is 1. The predicted molar refractivity (Wildman–Crippen MR) is 143 cm³/mol. The van der Waals surface area contributed by atoms with Crippen molar-refractivity contribution >= 4 is 72.8 Å². The van der Waals surface area contributed by atoms with Crippen LogP contribution in [0.15, 0.2) is 75.3 Å². The van der Waals surface area contributed by atoms with Crippen molar-refractivity contribution in [3.05, 3.63) is 85.7 Å². The first-order chi connectivity index (χ1) is 17.3. The number of fused-ring (bicyclic) bond motifs is 1. The highest BCUT2D eigenvalue weighted by atomic mass is 32.2. The maximum Gasteiger partial charge on any atom is 0.346 e. The number of aromatic nitrogens is 1. The quantitative estimate of drug-likeness (QED) is 0.361. The van der Waals surface area contributed by atoms with E-state index in [0.717, 1.165) is 21.2 Å². The van der Waals surface area contributed by atoms with Crippen LogP contribution in [-0.4, -0.2) is 31.5 Å². The minimum atomic E-state index is -4.23. The van der Waals surface area contributed by atoms with E-state index in [1.807, 2.05) is 22.9 Å². The second-order valence-corrected chi connectivity index (χ2v) is 12.6. The van der Waals surface area contributed by atoms with Crippen LogP contribution in [0.3, 0.4) is 0 Å². The van der Waals surface area contributed by atoms with E-state index in [4.69, 9.17) is 10.5 Å². The van der Waals surface area contributed by atoms with Crippen LogP contribution >= 0.6 is 34.4 Å². The lowest BCUT2D eigenvalue weighted by molar-refractivity contribution is -0.135. The van der Waals surface area contributed by atoms with E-state index in [0.29, 0.717) is 10.1 Å². The van der Waals surface area contributed by atoms with Crippen molar-refractivity contribution < 1.29 is 22.7 Å². The molecule has 0 fully saturated rings. The van der Waals surface area contributed by atoms with E-state index >= 15 is 0 Å². The molecule has 0 bridgehead atoms. The van der Waals surface area contributed by atoms with Crippen LogP contribution in [0.5, 0.6) is 0 Å². The van der Waals surface area contributed by atoms with E-state index in [2.05, 4.69) is 0 Å². The summed E-state index contributed by atoms with van der Waals surface area (Å²) in [6, 6.07) is 15.1. The highest BCUT2D eigenvalue weighted by Crippen LogP contribution is 2.42. The van der Waals surface area contributed by atoms with Crippen LogP contribution < -0.4 is 16.3 Å². The molecule has 4 heterocycles. The minimum Gasteiger partial charge on any atom is -0.462 e. The molecule has 0 saturated carbocycles. The lowest BCUT2D eigenvalue weighted by atomic mass is 10.3. The fourth-order valence-electron chi connectivity index (χ4n) is 3.96. The summed E-state index contributed by atoms with van der Waals surface area (Å²) in [5.74, 6) is -1.13. The molecule has 0 radical (unpaired) electrons. The van der Waals surface area contributed by atoms with Gasteiger partial charge in [0.25, 0.3) is 5.91 Å². The molecule has 1 aliphatic rings. The lowest BCUT2D eigenvalue weighted by Gasteiger charge is -2.22. The number of nitrogen functional groups attached to an aromatic ring is 1. The number of ether oxygens (including phenoxy) is 1. The maximum atomic E-state index is 14.0. The second kappa shape index (κ2) is 9.74. The third-order valence-corrected chi connectivity index (χ3v) is 10.5. The standard InChI is InChI=1S/C25H20N2O5S4/c1-2-32-25(29)22-20-17(14-15-8-6-12-33-15)19(26)24(36(30,31)16-9-4-3-5-10-16)27(20)23(28)21(35-22)18-11-7-13-34-18/h3-14,21H,2,26H2,1H3/b17-14+/t21-/m0/s1. The monoisotopic (exact) mass is 556 g/mol. The highest BCUT2D eigenvalue weighted by molar-refractivity contribution is 8.10. The lowest BCUT2D eigenvalue weighted by Crippen LogP contribution is -2.42. The summed E-state index contributed by atoms with van der Waals surface area (Å²) in [6.45, 7) is 1.81. The number of nitrogens with two attached hydrogens (primary N) is 1. The molecule has 1 atom stereocenters. The number of anilines is 1. The van der Waals surface area contributed by atoms with E-state index in [9.17, 15) is 18.0 Å². The van der Waals surface area contributed by atoms with Crippen molar-refractivity contribution in [2.45, 2.75) is 22.1 Å². The number of rotatable bonds is 6. The fourth-order valence-corrected chi connectivity index (χ4v) is 8.29. The fraction of sp³-hybridized carbons (Fsp3) is 0.120. The van der Waals surface area contributed by atoms with Crippen LogP contribution in [-0.2, 0) is 19.4 Å². The molecule has 0 spiro atoms. The number of sulfone groups is 1. The van der Waals surface area contributed by atoms with Gasteiger partial charge in [0.2, 0.25) is 9.84 Å². The molecule has 11 heteroatoms.